The second kappa shape index (κ2) is 5.53. The maximum absolute atomic E-state index is 12.3. The highest BCUT2D eigenvalue weighted by Crippen LogP contribution is 2.14. The third-order valence-electron chi connectivity index (χ3n) is 3.73. The summed E-state index contributed by atoms with van der Waals surface area (Å²) < 4.78 is 0. The lowest BCUT2D eigenvalue weighted by atomic mass is 9.94. The molecule has 3 heteroatoms. The van der Waals surface area contributed by atoms with Crippen LogP contribution in [0.5, 0.6) is 0 Å². The van der Waals surface area contributed by atoms with Crippen molar-refractivity contribution in [2.75, 3.05) is 13.1 Å². The van der Waals surface area contributed by atoms with Crippen LogP contribution in [0.25, 0.3) is 0 Å². The summed E-state index contributed by atoms with van der Waals surface area (Å²) in [5.41, 5.74) is 3.04. The Labute approximate surface area is 109 Å². The van der Waals surface area contributed by atoms with Crippen LogP contribution in [0, 0.1) is 19.8 Å². The first-order valence-electron chi connectivity index (χ1n) is 6.67. The Hall–Kier alpha value is -1.35. The van der Waals surface area contributed by atoms with E-state index < -0.39 is 0 Å². The number of hydrogen-bond donors (Lipinski definition) is 2. The number of piperidine rings is 1. The summed E-state index contributed by atoms with van der Waals surface area (Å²) in [6, 6.07) is 6.26. The summed E-state index contributed by atoms with van der Waals surface area (Å²) in [5.74, 6) is 0.555. The molecular weight excluding hydrogens is 224 g/mol. The molecule has 18 heavy (non-hydrogen) atoms. The van der Waals surface area contributed by atoms with Gasteiger partial charge in [0.15, 0.2) is 0 Å². The van der Waals surface area contributed by atoms with Gasteiger partial charge in [0, 0.05) is 11.6 Å². The Balaban J connectivity index is 2.07. The first-order valence-corrected chi connectivity index (χ1v) is 6.67. The second-order valence-corrected chi connectivity index (χ2v) is 5.37. The Morgan fingerprint density at radius 1 is 1.39 bits per heavy atom. The maximum atomic E-state index is 12.3. The Kier molecular flexibility index (Phi) is 4.02. The van der Waals surface area contributed by atoms with E-state index in [0.717, 1.165) is 30.6 Å². The average Bonchev–Trinajstić information content (AvgIpc) is 2.32. The number of benzene rings is 1. The minimum absolute atomic E-state index is 0.0613. The van der Waals surface area contributed by atoms with E-state index in [4.69, 9.17) is 0 Å². The van der Waals surface area contributed by atoms with Crippen molar-refractivity contribution >= 4 is 5.91 Å². The molecule has 98 valence electrons. The van der Waals surface area contributed by atoms with Gasteiger partial charge in [-0.2, -0.15) is 0 Å². The highest BCUT2D eigenvalue weighted by Gasteiger charge is 2.23. The standard InChI is InChI=1S/C15H22N2O/c1-10-4-5-13(11(2)8-10)15(18)17-14-6-7-16-9-12(14)3/h4-5,8,12,14,16H,6-7,9H2,1-3H3,(H,17,18)/t12-,14+/m1/s1. The van der Waals surface area contributed by atoms with Crippen LogP contribution in [0.2, 0.25) is 0 Å². The van der Waals surface area contributed by atoms with Crippen LogP contribution in [-0.4, -0.2) is 25.0 Å². The molecule has 2 atom stereocenters. The molecule has 0 unspecified atom stereocenters. The van der Waals surface area contributed by atoms with Crippen LogP contribution in [0.4, 0.5) is 0 Å². The normalized spacial score (nSPS) is 23.7. The Bertz CT molecular complexity index is 442. The number of rotatable bonds is 2. The highest BCUT2D eigenvalue weighted by molar-refractivity contribution is 5.95. The molecule has 1 fully saturated rings. The summed E-state index contributed by atoms with van der Waals surface area (Å²) in [6.45, 7) is 8.19. The fourth-order valence-corrected chi connectivity index (χ4v) is 2.54. The molecule has 0 saturated carbocycles. The molecule has 0 spiro atoms. The van der Waals surface area contributed by atoms with Gasteiger partial charge < -0.3 is 10.6 Å². The van der Waals surface area contributed by atoms with Crippen LogP contribution in [0.15, 0.2) is 18.2 Å². The van der Waals surface area contributed by atoms with Gasteiger partial charge in [-0.1, -0.05) is 24.6 Å². The van der Waals surface area contributed by atoms with Crippen molar-refractivity contribution in [3.63, 3.8) is 0 Å². The molecule has 1 aromatic carbocycles. The van der Waals surface area contributed by atoms with E-state index in [9.17, 15) is 4.79 Å². The molecule has 0 aromatic heterocycles. The number of carbonyl (C=O) groups excluding carboxylic acids is 1. The predicted octanol–water partition coefficient (Wildman–Crippen LogP) is 2.03. The second-order valence-electron chi connectivity index (χ2n) is 5.37. The van der Waals surface area contributed by atoms with Crippen molar-refractivity contribution in [1.29, 1.82) is 0 Å². The van der Waals surface area contributed by atoms with Crippen LogP contribution in [0.3, 0.4) is 0 Å². The largest absolute Gasteiger partial charge is 0.349 e. The first kappa shape index (κ1) is 13.1. The van der Waals surface area contributed by atoms with Crippen LogP contribution >= 0.6 is 0 Å². The molecule has 1 aliphatic rings. The van der Waals surface area contributed by atoms with Gasteiger partial charge in [-0.3, -0.25) is 4.79 Å². The molecule has 2 N–H and O–H groups in total. The molecule has 0 bridgehead atoms. The number of carbonyl (C=O) groups is 1. The molecule has 0 aliphatic carbocycles. The zero-order valence-corrected chi connectivity index (χ0v) is 11.4. The van der Waals surface area contributed by atoms with Crippen molar-refractivity contribution in [2.24, 2.45) is 5.92 Å². The van der Waals surface area contributed by atoms with E-state index >= 15 is 0 Å². The van der Waals surface area contributed by atoms with Crippen LogP contribution < -0.4 is 10.6 Å². The van der Waals surface area contributed by atoms with Gasteiger partial charge in [-0.05, 0) is 50.9 Å². The third kappa shape index (κ3) is 2.91. The van der Waals surface area contributed by atoms with E-state index in [1.54, 1.807) is 0 Å². The molecule has 1 saturated heterocycles. The minimum atomic E-state index is 0.0613. The van der Waals surface area contributed by atoms with E-state index in [-0.39, 0.29) is 5.91 Å². The van der Waals surface area contributed by atoms with Crippen LogP contribution in [0.1, 0.15) is 34.8 Å². The fraction of sp³-hybridized carbons (Fsp3) is 0.533. The SMILES string of the molecule is Cc1ccc(C(=O)N[C@H]2CCNC[C@H]2C)c(C)c1. The van der Waals surface area contributed by atoms with Crippen molar-refractivity contribution < 1.29 is 4.79 Å². The Morgan fingerprint density at radius 2 is 2.17 bits per heavy atom. The van der Waals surface area contributed by atoms with E-state index in [1.165, 1.54) is 5.56 Å². The minimum Gasteiger partial charge on any atom is -0.349 e. The smallest absolute Gasteiger partial charge is 0.251 e. The zero-order valence-electron chi connectivity index (χ0n) is 11.4. The lowest BCUT2D eigenvalue weighted by Gasteiger charge is -2.30. The van der Waals surface area contributed by atoms with E-state index in [1.807, 2.05) is 26.0 Å². The molecule has 1 aliphatic heterocycles. The lowest BCUT2D eigenvalue weighted by Crippen LogP contribution is -2.48. The van der Waals surface area contributed by atoms with E-state index in [2.05, 4.69) is 23.6 Å². The summed E-state index contributed by atoms with van der Waals surface area (Å²) in [7, 11) is 0. The Morgan fingerprint density at radius 3 is 2.83 bits per heavy atom. The summed E-state index contributed by atoms with van der Waals surface area (Å²) in [5, 5.41) is 6.51. The van der Waals surface area contributed by atoms with Gasteiger partial charge in [0.2, 0.25) is 0 Å². The van der Waals surface area contributed by atoms with Crippen LogP contribution in [-0.2, 0) is 0 Å². The molecule has 2 rings (SSSR count). The van der Waals surface area contributed by atoms with Gasteiger partial charge >= 0.3 is 0 Å². The fourth-order valence-electron chi connectivity index (χ4n) is 2.54. The average molecular weight is 246 g/mol. The molecule has 1 amide bonds. The van der Waals surface area contributed by atoms with Gasteiger partial charge in [0.25, 0.3) is 5.91 Å². The number of aryl methyl sites for hydroxylation is 2. The van der Waals surface area contributed by atoms with E-state index in [0.29, 0.717) is 12.0 Å². The third-order valence-corrected chi connectivity index (χ3v) is 3.73. The molecule has 1 heterocycles. The summed E-state index contributed by atoms with van der Waals surface area (Å²) >= 11 is 0. The molecular formula is C15H22N2O. The van der Waals surface area contributed by atoms with Crippen molar-refractivity contribution in [3.05, 3.63) is 34.9 Å². The number of nitrogens with one attached hydrogen (secondary N) is 2. The van der Waals surface area contributed by atoms with Gasteiger partial charge in [0.1, 0.15) is 0 Å². The van der Waals surface area contributed by atoms with Crippen molar-refractivity contribution in [3.8, 4) is 0 Å². The van der Waals surface area contributed by atoms with Gasteiger partial charge in [-0.15, -0.1) is 0 Å². The molecule has 3 nitrogen and oxygen atoms in total. The monoisotopic (exact) mass is 246 g/mol. The van der Waals surface area contributed by atoms with Crippen molar-refractivity contribution in [1.82, 2.24) is 10.6 Å². The number of amides is 1. The summed E-state index contributed by atoms with van der Waals surface area (Å²) in [4.78, 5) is 12.3. The topological polar surface area (TPSA) is 41.1 Å². The maximum Gasteiger partial charge on any atom is 0.251 e. The quantitative estimate of drug-likeness (QED) is 0.838. The first-order chi connectivity index (χ1) is 8.58. The summed E-state index contributed by atoms with van der Waals surface area (Å²) in [6.07, 6.45) is 1.01. The number of hydrogen-bond acceptors (Lipinski definition) is 2. The predicted molar refractivity (Wildman–Crippen MR) is 73.8 cm³/mol. The zero-order chi connectivity index (χ0) is 13.1. The van der Waals surface area contributed by atoms with Crippen molar-refractivity contribution in [2.45, 2.75) is 33.2 Å². The van der Waals surface area contributed by atoms with Gasteiger partial charge in [-0.25, -0.2) is 0 Å². The molecule has 1 aromatic rings. The molecule has 0 radical (unpaired) electrons. The van der Waals surface area contributed by atoms with Gasteiger partial charge in [0.05, 0.1) is 0 Å². The lowest BCUT2D eigenvalue weighted by molar-refractivity contribution is 0.0913. The highest BCUT2D eigenvalue weighted by atomic mass is 16.1.